The number of pyridine rings is 1. The predicted molar refractivity (Wildman–Crippen MR) is 105 cm³/mol. The number of ether oxygens (including phenoxy) is 1. The quantitative estimate of drug-likeness (QED) is 0.789. The second kappa shape index (κ2) is 7.54. The SMILES string of the molecule is CC(C)(C)OC(=O)N1CCC(N2CCc3oc(-c4ccccn4)nc3C2)CC1. The average Bonchev–Trinajstić information content (AvgIpc) is 3.11. The highest BCUT2D eigenvalue weighted by Crippen LogP contribution is 2.28. The van der Waals surface area contributed by atoms with E-state index in [9.17, 15) is 4.79 Å². The average molecular weight is 384 g/mol. The molecule has 28 heavy (non-hydrogen) atoms. The predicted octanol–water partition coefficient (Wildman–Crippen LogP) is 3.49. The van der Waals surface area contributed by atoms with Gasteiger partial charge >= 0.3 is 6.09 Å². The van der Waals surface area contributed by atoms with Crippen molar-refractivity contribution in [3.63, 3.8) is 0 Å². The Balaban J connectivity index is 1.36. The van der Waals surface area contributed by atoms with E-state index in [1.807, 2.05) is 43.9 Å². The first-order valence-corrected chi connectivity index (χ1v) is 10.0. The highest BCUT2D eigenvalue weighted by Gasteiger charge is 2.32. The van der Waals surface area contributed by atoms with Gasteiger partial charge in [0.2, 0.25) is 5.89 Å². The summed E-state index contributed by atoms with van der Waals surface area (Å²) in [5.74, 6) is 1.58. The summed E-state index contributed by atoms with van der Waals surface area (Å²) in [7, 11) is 0. The maximum atomic E-state index is 12.3. The minimum atomic E-state index is -0.449. The number of amides is 1. The van der Waals surface area contributed by atoms with Gasteiger partial charge in [0.25, 0.3) is 0 Å². The summed E-state index contributed by atoms with van der Waals surface area (Å²) < 4.78 is 11.4. The molecule has 2 aromatic rings. The van der Waals surface area contributed by atoms with E-state index in [0.29, 0.717) is 11.9 Å². The van der Waals surface area contributed by atoms with E-state index in [0.717, 1.165) is 62.6 Å². The molecule has 2 aliphatic rings. The Bertz CT molecular complexity index is 820. The molecule has 2 aromatic heterocycles. The number of carbonyl (C=O) groups excluding carboxylic acids is 1. The molecule has 4 rings (SSSR count). The smallest absolute Gasteiger partial charge is 0.410 e. The molecule has 0 unspecified atom stereocenters. The van der Waals surface area contributed by atoms with E-state index in [1.54, 1.807) is 6.20 Å². The van der Waals surface area contributed by atoms with Gasteiger partial charge in [0.05, 0.1) is 5.69 Å². The van der Waals surface area contributed by atoms with Gasteiger partial charge < -0.3 is 14.1 Å². The van der Waals surface area contributed by atoms with Crippen molar-refractivity contribution in [3.8, 4) is 11.6 Å². The van der Waals surface area contributed by atoms with Gasteiger partial charge in [-0.1, -0.05) is 6.07 Å². The van der Waals surface area contributed by atoms with Crippen LogP contribution in [0.2, 0.25) is 0 Å². The van der Waals surface area contributed by atoms with Crippen molar-refractivity contribution in [2.45, 2.75) is 58.2 Å². The fraction of sp³-hybridized carbons (Fsp3) is 0.571. The number of oxazole rings is 1. The topological polar surface area (TPSA) is 71.7 Å². The number of nitrogens with zero attached hydrogens (tertiary/aromatic N) is 4. The van der Waals surface area contributed by atoms with E-state index in [-0.39, 0.29) is 6.09 Å². The molecule has 7 nitrogen and oxygen atoms in total. The van der Waals surface area contributed by atoms with Gasteiger partial charge in [-0.25, -0.2) is 9.78 Å². The molecule has 7 heteroatoms. The van der Waals surface area contributed by atoms with E-state index in [4.69, 9.17) is 14.1 Å². The molecule has 0 aromatic carbocycles. The summed E-state index contributed by atoms with van der Waals surface area (Å²) >= 11 is 0. The van der Waals surface area contributed by atoms with Crippen molar-refractivity contribution in [3.05, 3.63) is 35.9 Å². The van der Waals surface area contributed by atoms with Gasteiger partial charge in [0.15, 0.2) is 0 Å². The molecule has 150 valence electrons. The van der Waals surface area contributed by atoms with Gasteiger partial charge in [0, 0.05) is 44.8 Å². The van der Waals surface area contributed by atoms with Crippen molar-refractivity contribution in [2.24, 2.45) is 0 Å². The first-order valence-electron chi connectivity index (χ1n) is 10.0. The van der Waals surface area contributed by atoms with Crippen LogP contribution in [0, 0.1) is 0 Å². The fourth-order valence-electron chi connectivity index (χ4n) is 3.87. The normalized spacial score (nSPS) is 18.8. The fourth-order valence-corrected chi connectivity index (χ4v) is 3.87. The molecule has 1 saturated heterocycles. The third kappa shape index (κ3) is 4.19. The van der Waals surface area contributed by atoms with Gasteiger partial charge in [-0.2, -0.15) is 0 Å². The molecule has 0 N–H and O–H groups in total. The van der Waals surface area contributed by atoms with Crippen LogP contribution < -0.4 is 0 Å². The number of piperidine rings is 1. The molecule has 1 fully saturated rings. The highest BCUT2D eigenvalue weighted by molar-refractivity contribution is 5.68. The minimum Gasteiger partial charge on any atom is -0.444 e. The van der Waals surface area contributed by atoms with Crippen LogP contribution in [0.3, 0.4) is 0 Å². The molecule has 0 bridgehead atoms. The van der Waals surface area contributed by atoms with E-state index in [2.05, 4.69) is 9.88 Å². The lowest BCUT2D eigenvalue weighted by Gasteiger charge is -2.39. The zero-order valence-electron chi connectivity index (χ0n) is 16.9. The first kappa shape index (κ1) is 18.9. The molecular formula is C21H28N4O3. The Morgan fingerprint density at radius 2 is 2.00 bits per heavy atom. The monoisotopic (exact) mass is 384 g/mol. The molecule has 0 aliphatic carbocycles. The zero-order chi connectivity index (χ0) is 19.7. The minimum absolute atomic E-state index is 0.205. The summed E-state index contributed by atoms with van der Waals surface area (Å²) in [5.41, 5.74) is 1.34. The molecular weight excluding hydrogens is 356 g/mol. The van der Waals surface area contributed by atoms with Gasteiger partial charge in [-0.3, -0.25) is 9.88 Å². The molecule has 1 amide bonds. The lowest BCUT2D eigenvalue weighted by atomic mass is 10.0. The van der Waals surface area contributed by atoms with Crippen LogP contribution in [-0.4, -0.2) is 57.1 Å². The van der Waals surface area contributed by atoms with Gasteiger partial charge in [0.1, 0.15) is 17.1 Å². The lowest BCUT2D eigenvalue weighted by Crippen LogP contribution is -2.49. The van der Waals surface area contributed by atoms with E-state index >= 15 is 0 Å². The van der Waals surface area contributed by atoms with Crippen LogP contribution in [0.15, 0.2) is 28.8 Å². The van der Waals surface area contributed by atoms with Crippen molar-refractivity contribution in [2.75, 3.05) is 19.6 Å². The third-order valence-electron chi connectivity index (χ3n) is 5.27. The summed E-state index contributed by atoms with van der Waals surface area (Å²) in [6.07, 6.45) is 4.33. The van der Waals surface area contributed by atoms with Crippen LogP contribution in [0.5, 0.6) is 0 Å². The highest BCUT2D eigenvalue weighted by atomic mass is 16.6. The van der Waals surface area contributed by atoms with E-state index < -0.39 is 5.60 Å². The van der Waals surface area contributed by atoms with Crippen molar-refractivity contribution < 1.29 is 13.9 Å². The van der Waals surface area contributed by atoms with Crippen LogP contribution >= 0.6 is 0 Å². The zero-order valence-corrected chi connectivity index (χ0v) is 16.9. The molecule has 4 heterocycles. The molecule has 2 aliphatic heterocycles. The Morgan fingerprint density at radius 1 is 1.21 bits per heavy atom. The molecule has 0 radical (unpaired) electrons. The maximum Gasteiger partial charge on any atom is 0.410 e. The van der Waals surface area contributed by atoms with Crippen LogP contribution in [0.1, 0.15) is 45.1 Å². The largest absolute Gasteiger partial charge is 0.444 e. The third-order valence-corrected chi connectivity index (χ3v) is 5.27. The Hall–Kier alpha value is -2.41. The Labute approximate surface area is 165 Å². The van der Waals surface area contributed by atoms with Crippen LogP contribution in [0.25, 0.3) is 11.6 Å². The number of carbonyl (C=O) groups is 1. The number of likely N-dealkylation sites (tertiary alicyclic amines) is 1. The summed E-state index contributed by atoms with van der Waals surface area (Å²) in [4.78, 5) is 25.6. The van der Waals surface area contributed by atoms with Crippen LogP contribution in [0.4, 0.5) is 4.79 Å². The molecule has 0 spiro atoms. The first-order chi connectivity index (χ1) is 13.4. The summed E-state index contributed by atoms with van der Waals surface area (Å²) in [6.45, 7) is 8.94. The van der Waals surface area contributed by atoms with Crippen molar-refractivity contribution in [1.29, 1.82) is 0 Å². The standard InChI is InChI=1S/C21H28N4O3/c1-21(2,3)28-20(26)24-11-7-15(8-12-24)25-13-9-18-17(14-25)23-19(27-18)16-6-4-5-10-22-16/h4-6,10,15H,7-9,11-14H2,1-3H3. The maximum absolute atomic E-state index is 12.3. The van der Waals surface area contributed by atoms with Crippen molar-refractivity contribution >= 4 is 6.09 Å². The molecule has 0 saturated carbocycles. The van der Waals surface area contributed by atoms with Crippen LogP contribution in [-0.2, 0) is 17.7 Å². The number of fused-ring (bicyclic) bond motifs is 1. The Morgan fingerprint density at radius 3 is 2.68 bits per heavy atom. The molecule has 0 atom stereocenters. The number of rotatable bonds is 2. The lowest BCUT2D eigenvalue weighted by molar-refractivity contribution is 0.0131. The number of aromatic nitrogens is 2. The number of hydrogen-bond donors (Lipinski definition) is 0. The second-order valence-corrected chi connectivity index (χ2v) is 8.52. The number of hydrogen-bond acceptors (Lipinski definition) is 6. The second-order valence-electron chi connectivity index (χ2n) is 8.52. The van der Waals surface area contributed by atoms with Gasteiger partial charge in [-0.05, 0) is 45.7 Å². The summed E-state index contributed by atoms with van der Waals surface area (Å²) in [5, 5.41) is 0. The van der Waals surface area contributed by atoms with Gasteiger partial charge in [-0.15, -0.1) is 0 Å². The van der Waals surface area contributed by atoms with Crippen molar-refractivity contribution in [1.82, 2.24) is 19.8 Å². The Kier molecular flexibility index (Phi) is 5.10. The van der Waals surface area contributed by atoms with E-state index in [1.165, 1.54) is 0 Å². The summed E-state index contributed by atoms with van der Waals surface area (Å²) in [6, 6.07) is 6.21.